The number of carbonyl (C=O) groups is 1. The molecular formula is C20H35NO4Si. The van der Waals surface area contributed by atoms with E-state index < -0.39 is 32.2 Å². The summed E-state index contributed by atoms with van der Waals surface area (Å²) >= 11 is 0. The number of hydrogen-bond acceptors (Lipinski definition) is 4. The maximum Gasteiger partial charge on any atom is 0.408 e. The molecule has 0 saturated heterocycles. The van der Waals surface area contributed by atoms with Crippen molar-refractivity contribution in [2.24, 2.45) is 0 Å². The molecule has 0 aliphatic heterocycles. The van der Waals surface area contributed by atoms with E-state index in [1.54, 1.807) is 20.8 Å². The SMILES string of the molecule is CC(C)(C)OC(=O)N[C@@H](CO[Si](C)(C)C(C)(C)C)[C@H](O)c1ccccc1. The fraction of sp³-hybridized carbons (Fsp3) is 0.650. The summed E-state index contributed by atoms with van der Waals surface area (Å²) in [7, 11) is -2.02. The van der Waals surface area contributed by atoms with Gasteiger partial charge < -0.3 is 19.6 Å². The monoisotopic (exact) mass is 381 g/mol. The first-order valence-corrected chi connectivity index (χ1v) is 12.0. The quantitative estimate of drug-likeness (QED) is 0.705. The lowest BCUT2D eigenvalue weighted by Crippen LogP contribution is -2.49. The summed E-state index contributed by atoms with van der Waals surface area (Å²) in [5.41, 5.74) is 0.125. The molecule has 1 aromatic rings. The molecule has 0 aliphatic rings. The van der Waals surface area contributed by atoms with Crippen LogP contribution in [0.25, 0.3) is 0 Å². The number of nitrogens with one attached hydrogen (secondary N) is 1. The van der Waals surface area contributed by atoms with Crippen LogP contribution < -0.4 is 5.32 Å². The van der Waals surface area contributed by atoms with Crippen molar-refractivity contribution in [3.8, 4) is 0 Å². The second-order valence-electron chi connectivity index (χ2n) is 9.18. The number of ether oxygens (including phenoxy) is 1. The van der Waals surface area contributed by atoms with Crippen LogP contribution in [0.4, 0.5) is 4.79 Å². The molecule has 0 saturated carbocycles. The van der Waals surface area contributed by atoms with Gasteiger partial charge in [0.05, 0.1) is 12.6 Å². The summed E-state index contributed by atoms with van der Waals surface area (Å²) in [5, 5.41) is 13.6. The number of aliphatic hydroxyl groups excluding tert-OH is 1. The van der Waals surface area contributed by atoms with E-state index in [9.17, 15) is 9.90 Å². The summed E-state index contributed by atoms with van der Waals surface area (Å²) in [6, 6.07) is 8.68. The average Bonchev–Trinajstić information content (AvgIpc) is 2.48. The van der Waals surface area contributed by atoms with Gasteiger partial charge in [-0.15, -0.1) is 0 Å². The fourth-order valence-corrected chi connectivity index (χ4v) is 3.10. The van der Waals surface area contributed by atoms with Crippen molar-refractivity contribution in [2.75, 3.05) is 6.61 Å². The summed E-state index contributed by atoms with van der Waals surface area (Å²) in [4.78, 5) is 12.2. The molecule has 2 atom stereocenters. The topological polar surface area (TPSA) is 67.8 Å². The van der Waals surface area contributed by atoms with Crippen molar-refractivity contribution < 1.29 is 19.1 Å². The lowest BCUT2D eigenvalue weighted by molar-refractivity contribution is 0.0358. The number of carbonyl (C=O) groups excluding carboxylic acids is 1. The Bertz CT molecular complexity index is 576. The summed E-state index contributed by atoms with van der Waals surface area (Å²) < 4.78 is 11.6. The van der Waals surface area contributed by atoms with Gasteiger partial charge in [0.15, 0.2) is 8.32 Å². The molecule has 148 valence electrons. The molecule has 0 bridgehead atoms. The number of alkyl carbamates (subject to hydrolysis) is 1. The van der Waals surface area contributed by atoms with Gasteiger partial charge in [0.2, 0.25) is 0 Å². The molecular weight excluding hydrogens is 346 g/mol. The van der Waals surface area contributed by atoms with Gasteiger partial charge in [-0.1, -0.05) is 51.1 Å². The highest BCUT2D eigenvalue weighted by molar-refractivity contribution is 6.74. The Morgan fingerprint density at radius 1 is 1.12 bits per heavy atom. The number of benzene rings is 1. The number of amides is 1. The molecule has 1 amide bonds. The van der Waals surface area contributed by atoms with Crippen LogP contribution in [0, 0.1) is 0 Å². The minimum absolute atomic E-state index is 0.0428. The Kier molecular flexibility index (Phi) is 7.45. The van der Waals surface area contributed by atoms with Gasteiger partial charge in [0, 0.05) is 0 Å². The Balaban J connectivity index is 2.93. The predicted molar refractivity (Wildman–Crippen MR) is 108 cm³/mol. The van der Waals surface area contributed by atoms with Crippen molar-refractivity contribution >= 4 is 14.4 Å². The minimum Gasteiger partial charge on any atom is -0.444 e. The normalized spacial score (nSPS) is 15.3. The second-order valence-corrected chi connectivity index (χ2v) is 14.0. The van der Waals surface area contributed by atoms with Crippen molar-refractivity contribution in [3.63, 3.8) is 0 Å². The van der Waals surface area contributed by atoms with E-state index in [0.717, 1.165) is 5.56 Å². The maximum atomic E-state index is 12.2. The maximum absolute atomic E-state index is 12.2. The smallest absolute Gasteiger partial charge is 0.408 e. The highest BCUT2D eigenvalue weighted by Crippen LogP contribution is 2.37. The third-order valence-corrected chi connectivity index (χ3v) is 9.16. The highest BCUT2D eigenvalue weighted by atomic mass is 28.4. The van der Waals surface area contributed by atoms with Gasteiger partial charge in [-0.2, -0.15) is 0 Å². The predicted octanol–water partition coefficient (Wildman–Crippen LogP) is 4.64. The molecule has 1 aromatic carbocycles. The van der Waals surface area contributed by atoms with E-state index in [-0.39, 0.29) is 11.6 Å². The van der Waals surface area contributed by atoms with Gasteiger partial charge >= 0.3 is 6.09 Å². The molecule has 0 aromatic heterocycles. The van der Waals surface area contributed by atoms with Crippen molar-refractivity contribution in [1.29, 1.82) is 0 Å². The molecule has 2 N–H and O–H groups in total. The van der Waals surface area contributed by atoms with Crippen LogP contribution >= 0.6 is 0 Å². The number of rotatable bonds is 6. The summed E-state index contributed by atoms with van der Waals surface area (Å²) in [5.74, 6) is 0. The van der Waals surface area contributed by atoms with Crippen molar-refractivity contribution in [3.05, 3.63) is 35.9 Å². The van der Waals surface area contributed by atoms with E-state index in [1.807, 2.05) is 30.3 Å². The average molecular weight is 382 g/mol. The zero-order valence-corrected chi connectivity index (χ0v) is 18.4. The van der Waals surface area contributed by atoms with Gasteiger partial charge in [-0.3, -0.25) is 0 Å². The van der Waals surface area contributed by atoms with Crippen LogP contribution in [-0.2, 0) is 9.16 Å². The standard InChI is InChI=1S/C20H35NO4Si/c1-19(2,3)25-18(23)21-16(14-24-26(7,8)20(4,5)6)17(22)15-12-10-9-11-13-15/h9-13,16-17,22H,14H2,1-8H3,(H,21,23)/t16-,17+/m0/s1. The molecule has 6 heteroatoms. The highest BCUT2D eigenvalue weighted by Gasteiger charge is 2.38. The van der Waals surface area contributed by atoms with Crippen LogP contribution in [0.15, 0.2) is 30.3 Å². The lowest BCUT2D eigenvalue weighted by Gasteiger charge is -2.38. The van der Waals surface area contributed by atoms with Crippen molar-refractivity contribution in [2.45, 2.75) is 77.4 Å². The summed E-state index contributed by atoms with van der Waals surface area (Å²) in [6.45, 7) is 16.4. The molecule has 0 spiro atoms. The van der Waals surface area contributed by atoms with E-state index in [2.05, 4.69) is 39.2 Å². The zero-order chi connectivity index (χ0) is 20.2. The number of hydrogen-bond donors (Lipinski definition) is 2. The van der Waals surface area contributed by atoms with Gasteiger partial charge in [0.1, 0.15) is 11.7 Å². The first-order valence-electron chi connectivity index (χ1n) is 9.09. The van der Waals surface area contributed by atoms with Crippen LogP contribution in [0.2, 0.25) is 18.1 Å². The fourth-order valence-electron chi connectivity index (χ4n) is 2.07. The van der Waals surface area contributed by atoms with E-state index in [4.69, 9.17) is 9.16 Å². The van der Waals surface area contributed by atoms with Crippen LogP contribution in [0.5, 0.6) is 0 Å². The molecule has 0 fully saturated rings. The van der Waals surface area contributed by atoms with Crippen LogP contribution in [0.3, 0.4) is 0 Å². The molecule has 0 radical (unpaired) electrons. The van der Waals surface area contributed by atoms with E-state index in [1.165, 1.54) is 0 Å². The minimum atomic E-state index is -2.02. The Morgan fingerprint density at radius 3 is 2.12 bits per heavy atom. The largest absolute Gasteiger partial charge is 0.444 e. The molecule has 5 nitrogen and oxygen atoms in total. The Hall–Kier alpha value is -1.37. The molecule has 26 heavy (non-hydrogen) atoms. The molecule has 0 unspecified atom stereocenters. The van der Waals surface area contributed by atoms with Gasteiger partial charge in [0.25, 0.3) is 0 Å². The summed E-state index contributed by atoms with van der Waals surface area (Å²) in [6.07, 6.45) is -1.44. The third kappa shape index (κ3) is 7.09. The Morgan fingerprint density at radius 2 is 1.65 bits per heavy atom. The molecule has 0 heterocycles. The molecule has 0 aliphatic carbocycles. The van der Waals surface area contributed by atoms with Gasteiger partial charge in [-0.25, -0.2) is 4.79 Å². The van der Waals surface area contributed by atoms with Crippen LogP contribution in [0.1, 0.15) is 53.2 Å². The third-order valence-electron chi connectivity index (χ3n) is 4.65. The number of aliphatic hydroxyl groups is 1. The molecule has 1 rings (SSSR count). The van der Waals surface area contributed by atoms with Crippen LogP contribution in [-0.4, -0.2) is 37.8 Å². The van der Waals surface area contributed by atoms with E-state index in [0.29, 0.717) is 0 Å². The Labute approximate surface area is 159 Å². The van der Waals surface area contributed by atoms with Gasteiger partial charge in [-0.05, 0) is 44.5 Å². The van der Waals surface area contributed by atoms with E-state index >= 15 is 0 Å². The first-order chi connectivity index (χ1) is 11.7. The zero-order valence-electron chi connectivity index (χ0n) is 17.4. The first kappa shape index (κ1) is 22.7. The lowest BCUT2D eigenvalue weighted by atomic mass is 10.0. The van der Waals surface area contributed by atoms with Crippen molar-refractivity contribution in [1.82, 2.24) is 5.32 Å². The second kappa shape index (κ2) is 8.54.